The van der Waals surface area contributed by atoms with Gasteiger partial charge in [-0.25, -0.2) is 13.2 Å². The van der Waals surface area contributed by atoms with Crippen molar-refractivity contribution in [3.05, 3.63) is 59.2 Å². The summed E-state index contributed by atoms with van der Waals surface area (Å²) in [6, 6.07) is 9.12. The first-order valence-electron chi connectivity index (χ1n) is 26.5. The highest BCUT2D eigenvalue weighted by Crippen LogP contribution is 2.76. The first-order chi connectivity index (χ1) is 31.0. The zero-order chi connectivity index (χ0) is 47.6. The van der Waals surface area contributed by atoms with E-state index in [2.05, 4.69) is 65.9 Å². The monoisotopic (exact) mass is 930 g/mol. The maximum absolute atomic E-state index is 13.1. The van der Waals surface area contributed by atoms with Crippen LogP contribution < -0.4 is 5.32 Å². The van der Waals surface area contributed by atoms with Crippen LogP contribution in [0.2, 0.25) is 0 Å². The lowest BCUT2D eigenvalue weighted by atomic mass is 9.33. The van der Waals surface area contributed by atoms with Crippen LogP contribution >= 0.6 is 0 Å². The van der Waals surface area contributed by atoms with Gasteiger partial charge in [0.15, 0.2) is 0 Å². The Morgan fingerprint density at radius 1 is 0.818 bits per heavy atom. The number of hydrogen-bond donors (Lipinski definition) is 2. The Bertz CT molecular complexity index is 2120. The van der Waals surface area contributed by atoms with Crippen LogP contribution in [0.1, 0.15) is 188 Å². The van der Waals surface area contributed by atoms with Gasteiger partial charge < -0.3 is 19.9 Å². The van der Waals surface area contributed by atoms with E-state index in [1.54, 1.807) is 12.1 Å². The van der Waals surface area contributed by atoms with Crippen molar-refractivity contribution in [2.45, 2.75) is 194 Å². The van der Waals surface area contributed by atoms with E-state index >= 15 is 0 Å². The molecule has 7 aliphatic rings. The number of fused-ring (bicyclic) bond motifs is 7. The average molecular weight is 930 g/mol. The zero-order valence-electron chi connectivity index (χ0n) is 42.4. The number of aliphatic hydroxyl groups is 1. The van der Waals surface area contributed by atoms with Crippen LogP contribution in [0.4, 0.5) is 0 Å². The lowest BCUT2D eigenvalue weighted by molar-refractivity contribution is -0.222. The van der Waals surface area contributed by atoms with Crippen LogP contribution in [0.3, 0.4) is 0 Å². The molecule has 8 rings (SSSR count). The lowest BCUT2D eigenvalue weighted by Crippen LogP contribution is -2.68. The third-order valence-corrected chi connectivity index (χ3v) is 22.5. The molecule has 0 aliphatic heterocycles. The standard InChI is InChI=1S/C57H87NO7S/c1-10-64-48(59)37-55(38-65-50(60)41-14-12-11-13-15-41)27-18-40(19-28-55)44-23-25-52(6)46(51(44,4)5)24-26-54(8)47(52)17-16-45-49-42(36-39(2)3)20-31-57(49,33-32-53(45,54)7)58-35-34-56(61)29-21-43(22-30-56)66(9,62)63/h11-15,18,23,39,42-43,45-47,49,58,61H,10,16-17,19-22,24-38H2,1-9H3/t42-,43?,45+,46-,47+,49+,52-,53+,54+,55-,56?,57-/m0/s1. The summed E-state index contributed by atoms with van der Waals surface area (Å²) in [6.07, 6.45) is 24.5. The van der Waals surface area contributed by atoms with Crippen molar-refractivity contribution in [3.8, 4) is 0 Å². The molecule has 1 aromatic rings. The normalized spacial score (nSPS) is 40.8. The molecule has 368 valence electrons. The number of rotatable bonds is 14. The number of nitrogens with one attached hydrogen (secondary N) is 1. The molecule has 0 bridgehead atoms. The van der Waals surface area contributed by atoms with Crippen molar-refractivity contribution in [3.63, 3.8) is 0 Å². The fraction of sp³-hybridized carbons (Fsp3) is 0.789. The van der Waals surface area contributed by atoms with Crippen molar-refractivity contribution in [2.24, 2.45) is 62.6 Å². The second-order valence-corrected chi connectivity index (χ2v) is 27.4. The number of ether oxygens (including phenoxy) is 2. The number of sulfone groups is 1. The number of esters is 2. The third-order valence-electron chi connectivity index (χ3n) is 20.9. The van der Waals surface area contributed by atoms with Crippen molar-refractivity contribution >= 4 is 21.8 Å². The fourth-order valence-corrected chi connectivity index (χ4v) is 18.4. The second kappa shape index (κ2) is 18.4. The highest BCUT2D eigenvalue weighted by Gasteiger charge is 2.70. The van der Waals surface area contributed by atoms with Crippen LogP contribution in [0, 0.1) is 62.6 Å². The van der Waals surface area contributed by atoms with Gasteiger partial charge in [-0.05, 0) is 209 Å². The minimum atomic E-state index is -3.07. The van der Waals surface area contributed by atoms with Gasteiger partial charge in [-0.1, -0.05) is 78.8 Å². The van der Waals surface area contributed by atoms with Gasteiger partial charge in [0.1, 0.15) is 9.84 Å². The molecule has 0 amide bonds. The predicted molar refractivity (Wildman–Crippen MR) is 264 cm³/mol. The van der Waals surface area contributed by atoms with Gasteiger partial charge in [0, 0.05) is 17.2 Å². The number of carbonyl (C=O) groups excluding carboxylic acids is 2. The molecule has 0 unspecified atom stereocenters. The molecule has 1 aromatic carbocycles. The van der Waals surface area contributed by atoms with E-state index in [1.165, 1.54) is 75.2 Å². The Morgan fingerprint density at radius 3 is 2.20 bits per heavy atom. The van der Waals surface area contributed by atoms with E-state index in [0.29, 0.717) is 80.3 Å². The Morgan fingerprint density at radius 2 is 1.55 bits per heavy atom. The number of allylic oxidation sites excluding steroid dienone is 4. The van der Waals surface area contributed by atoms with Crippen molar-refractivity contribution in [1.82, 2.24) is 5.32 Å². The molecule has 7 aliphatic carbocycles. The van der Waals surface area contributed by atoms with Crippen molar-refractivity contribution in [1.29, 1.82) is 0 Å². The summed E-state index contributed by atoms with van der Waals surface area (Å²) in [7, 11) is -3.07. The first kappa shape index (κ1) is 49.9. The molecule has 10 atom stereocenters. The average Bonchev–Trinajstić information content (AvgIpc) is 3.60. The molecule has 8 nitrogen and oxygen atoms in total. The van der Waals surface area contributed by atoms with E-state index in [4.69, 9.17) is 9.47 Å². The van der Waals surface area contributed by atoms with Gasteiger partial charge >= 0.3 is 11.9 Å². The largest absolute Gasteiger partial charge is 0.466 e. The molecule has 9 heteroatoms. The molecule has 66 heavy (non-hydrogen) atoms. The predicted octanol–water partition coefficient (Wildman–Crippen LogP) is 12.0. The van der Waals surface area contributed by atoms with Crippen LogP contribution in [-0.4, -0.2) is 67.9 Å². The molecular formula is C57H87NO7S. The van der Waals surface area contributed by atoms with Gasteiger partial charge in [0.05, 0.1) is 36.0 Å². The molecule has 2 N–H and O–H groups in total. The van der Waals surface area contributed by atoms with E-state index in [1.807, 2.05) is 25.1 Å². The van der Waals surface area contributed by atoms with Crippen molar-refractivity contribution in [2.75, 3.05) is 26.0 Å². The maximum Gasteiger partial charge on any atom is 0.338 e. The van der Waals surface area contributed by atoms with E-state index in [9.17, 15) is 23.1 Å². The summed E-state index contributed by atoms with van der Waals surface area (Å²) in [5.74, 6) is 3.36. The Labute approximate surface area is 399 Å². The molecule has 0 radical (unpaired) electrons. The maximum atomic E-state index is 13.1. The van der Waals surface area contributed by atoms with Gasteiger partial charge in [-0.15, -0.1) is 0 Å². The first-order valence-corrected chi connectivity index (χ1v) is 28.4. The summed E-state index contributed by atoms with van der Waals surface area (Å²) < 4.78 is 36.0. The smallest absolute Gasteiger partial charge is 0.338 e. The second-order valence-electron chi connectivity index (χ2n) is 25.1. The summed E-state index contributed by atoms with van der Waals surface area (Å²) in [5, 5.41) is 15.6. The molecule has 0 spiro atoms. The molecule has 0 saturated heterocycles. The van der Waals surface area contributed by atoms with Crippen LogP contribution in [0.5, 0.6) is 0 Å². The van der Waals surface area contributed by atoms with Crippen LogP contribution in [0.25, 0.3) is 0 Å². The third kappa shape index (κ3) is 8.96. The Hall–Kier alpha value is -2.49. The SMILES string of the molecule is CCOC(=O)C[C@]1(COC(=O)c2ccccc2)CC=C(C2=CC[C@]3(C)[C@H]4CC[C@@H]5[C@H]6[C@H](CC(C)C)CC[C@]6(NCCC6(O)CCC(S(C)(=O)=O)CC6)CC[C@@]5(C)[C@]4(C)CC[C@H]3C2(C)C)CC1. The molecule has 0 heterocycles. The van der Waals surface area contributed by atoms with E-state index in [0.717, 1.165) is 31.7 Å². The summed E-state index contributed by atoms with van der Waals surface area (Å²) in [5.41, 5.74) is 3.02. The molecule has 5 saturated carbocycles. The zero-order valence-corrected chi connectivity index (χ0v) is 43.3. The number of benzene rings is 1. The molecule has 5 fully saturated rings. The summed E-state index contributed by atoms with van der Waals surface area (Å²) in [6.45, 7) is 21.2. The van der Waals surface area contributed by atoms with Crippen LogP contribution in [0.15, 0.2) is 53.6 Å². The topological polar surface area (TPSA) is 119 Å². The quantitative estimate of drug-likeness (QED) is 0.177. The van der Waals surface area contributed by atoms with Gasteiger partial charge in [0.25, 0.3) is 0 Å². The van der Waals surface area contributed by atoms with Crippen LogP contribution in [-0.2, 0) is 24.1 Å². The Balaban J connectivity index is 0.998. The lowest BCUT2D eigenvalue weighted by Gasteiger charge is -2.72. The van der Waals surface area contributed by atoms with Gasteiger partial charge in [-0.3, -0.25) is 4.79 Å². The molecular weight excluding hydrogens is 843 g/mol. The fourth-order valence-electron chi connectivity index (χ4n) is 17.3. The van der Waals surface area contributed by atoms with Gasteiger partial charge in [-0.2, -0.15) is 0 Å². The van der Waals surface area contributed by atoms with Gasteiger partial charge in [0.2, 0.25) is 0 Å². The number of carbonyl (C=O) groups is 2. The van der Waals surface area contributed by atoms with Crippen molar-refractivity contribution < 1.29 is 32.6 Å². The highest BCUT2D eigenvalue weighted by atomic mass is 32.2. The Kier molecular flexibility index (Phi) is 13.9. The number of hydrogen-bond acceptors (Lipinski definition) is 8. The minimum Gasteiger partial charge on any atom is -0.466 e. The van der Waals surface area contributed by atoms with E-state index in [-0.39, 0.29) is 57.4 Å². The minimum absolute atomic E-state index is 0.00634. The van der Waals surface area contributed by atoms with E-state index < -0.39 is 20.9 Å². The summed E-state index contributed by atoms with van der Waals surface area (Å²) >= 11 is 0. The highest BCUT2D eigenvalue weighted by molar-refractivity contribution is 7.91. The molecule has 0 aromatic heterocycles. The summed E-state index contributed by atoms with van der Waals surface area (Å²) in [4.78, 5) is 26.1.